The molecule has 33 heavy (non-hydrogen) atoms. The van der Waals surface area contributed by atoms with E-state index in [1.807, 2.05) is 9.47 Å². The van der Waals surface area contributed by atoms with Crippen LogP contribution in [0, 0.1) is 0 Å². The summed E-state index contributed by atoms with van der Waals surface area (Å²) >= 11 is 0. The summed E-state index contributed by atoms with van der Waals surface area (Å²) in [6.07, 6.45) is 2.92. The maximum absolute atomic E-state index is 12.3. The molecule has 12 nitrogen and oxygen atoms in total. The lowest BCUT2D eigenvalue weighted by molar-refractivity contribution is -0.135. The number of anilines is 1. The first-order valence-corrected chi connectivity index (χ1v) is 11.1. The van der Waals surface area contributed by atoms with Crippen LogP contribution in [0.4, 0.5) is 5.82 Å². The molecule has 4 rings (SSSR count). The summed E-state index contributed by atoms with van der Waals surface area (Å²) in [7, 11) is 4.88. The number of amides is 1. The van der Waals surface area contributed by atoms with Crippen molar-refractivity contribution in [3.63, 3.8) is 0 Å². The first-order chi connectivity index (χ1) is 16.2. The van der Waals surface area contributed by atoms with Crippen LogP contribution < -0.4 is 5.32 Å². The van der Waals surface area contributed by atoms with Gasteiger partial charge in [0.15, 0.2) is 23.2 Å². The summed E-state index contributed by atoms with van der Waals surface area (Å²) in [5, 5.41) is 3.28. The number of nitrogens with zero attached hydrogens (tertiary/aromatic N) is 5. The number of morpholine rings is 1. The second kappa shape index (κ2) is 11.2. The highest BCUT2D eigenvalue weighted by atomic mass is 16.6. The van der Waals surface area contributed by atoms with E-state index in [0.29, 0.717) is 69.3 Å². The molecule has 0 spiro atoms. The number of imidazole rings is 1. The van der Waals surface area contributed by atoms with Crippen molar-refractivity contribution in [2.45, 2.75) is 37.4 Å². The maximum Gasteiger partial charge on any atom is 0.222 e. The van der Waals surface area contributed by atoms with Gasteiger partial charge in [-0.15, -0.1) is 0 Å². The van der Waals surface area contributed by atoms with E-state index in [1.54, 1.807) is 27.7 Å². The SMILES string of the molecule is COCC1OC(n2cnc3c(NCCCC(=O)N4CCOCC4)ncnc32)C(OC)C1OC. The van der Waals surface area contributed by atoms with E-state index >= 15 is 0 Å². The quantitative estimate of drug-likeness (QED) is 0.496. The molecule has 4 atom stereocenters. The van der Waals surface area contributed by atoms with Crippen LogP contribution in [0.15, 0.2) is 12.7 Å². The van der Waals surface area contributed by atoms with Crippen molar-refractivity contribution in [2.24, 2.45) is 0 Å². The average molecular weight is 465 g/mol. The van der Waals surface area contributed by atoms with Crippen LogP contribution in [0.1, 0.15) is 19.1 Å². The van der Waals surface area contributed by atoms with Gasteiger partial charge in [-0.05, 0) is 6.42 Å². The lowest BCUT2D eigenvalue weighted by atomic mass is 10.1. The molecular formula is C21H32N6O6. The number of carbonyl (C=O) groups excluding carboxylic acids is 1. The highest BCUT2D eigenvalue weighted by Crippen LogP contribution is 2.35. The molecule has 2 fully saturated rings. The monoisotopic (exact) mass is 464 g/mol. The molecule has 2 aliphatic rings. The maximum atomic E-state index is 12.3. The van der Waals surface area contributed by atoms with Gasteiger partial charge in [-0.3, -0.25) is 9.36 Å². The molecule has 0 aliphatic carbocycles. The molecular weight excluding hydrogens is 432 g/mol. The summed E-state index contributed by atoms with van der Waals surface area (Å²) in [5.74, 6) is 0.765. The summed E-state index contributed by atoms with van der Waals surface area (Å²) in [5.41, 5.74) is 1.25. The van der Waals surface area contributed by atoms with Crippen LogP contribution in [0.5, 0.6) is 0 Å². The van der Waals surface area contributed by atoms with E-state index in [9.17, 15) is 4.79 Å². The topological polar surface area (TPSA) is 122 Å². The number of aromatic nitrogens is 4. The summed E-state index contributed by atoms with van der Waals surface area (Å²) in [6.45, 7) is 3.52. The summed E-state index contributed by atoms with van der Waals surface area (Å²) in [6, 6.07) is 0. The lowest BCUT2D eigenvalue weighted by Gasteiger charge is -2.26. The van der Waals surface area contributed by atoms with Gasteiger partial charge in [0.25, 0.3) is 0 Å². The van der Waals surface area contributed by atoms with Gasteiger partial charge < -0.3 is 33.9 Å². The Morgan fingerprint density at radius 1 is 1.15 bits per heavy atom. The molecule has 12 heteroatoms. The molecule has 4 heterocycles. The van der Waals surface area contributed by atoms with Crippen LogP contribution in [0.3, 0.4) is 0 Å². The zero-order valence-electron chi connectivity index (χ0n) is 19.3. The molecule has 4 unspecified atom stereocenters. The Balaban J connectivity index is 1.42. The van der Waals surface area contributed by atoms with E-state index in [1.165, 1.54) is 6.33 Å². The number of ether oxygens (including phenoxy) is 5. The second-order valence-corrected chi connectivity index (χ2v) is 7.99. The van der Waals surface area contributed by atoms with E-state index in [4.69, 9.17) is 23.7 Å². The van der Waals surface area contributed by atoms with Gasteiger partial charge >= 0.3 is 0 Å². The lowest BCUT2D eigenvalue weighted by Crippen LogP contribution is -2.40. The van der Waals surface area contributed by atoms with Gasteiger partial charge in [0.05, 0.1) is 26.1 Å². The zero-order valence-corrected chi connectivity index (χ0v) is 19.3. The Bertz CT molecular complexity index is 920. The fraction of sp³-hybridized carbons (Fsp3) is 0.714. The van der Waals surface area contributed by atoms with Gasteiger partial charge in [0, 0.05) is 47.4 Å². The third-order valence-electron chi connectivity index (χ3n) is 6.02. The van der Waals surface area contributed by atoms with Crippen molar-refractivity contribution in [1.29, 1.82) is 0 Å². The number of fused-ring (bicyclic) bond motifs is 1. The first-order valence-electron chi connectivity index (χ1n) is 11.1. The highest BCUT2D eigenvalue weighted by molar-refractivity contribution is 5.82. The molecule has 2 saturated heterocycles. The Hall–Kier alpha value is -2.38. The minimum absolute atomic E-state index is 0.152. The smallest absolute Gasteiger partial charge is 0.222 e. The van der Waals surface area contributed by atoms with Gasteiger partial charge in [0.1, 0.15) is 24.6 Å². The molecule has 1 amide bonds. The Labute approximate surface area is 192 Å². The third-order valence-corrected chi connectivity index (χ3v) is 6.02. The number of hydrogen-bond acceptors (Lipinski definition) is 10. The first kappa shape index (κ1) is 23.8. The van der Waals surface area contributed by atoms with Crippen LogP contribution >= 0.6 is 0 Å². The Kier molecular flexibility index (Phi) is 8.04. The second-order valence-electron chi connectivity index (χ2n) is 7.99. The van der Waals surface area contributed by atoms with Crippen LogP contribution in [0.2, 0.25) is 0 Å². The van der Waals surface area contributed by atoms with Gasteiger partial charge in [-0.25, -0.2) is 15.0 Å². The van der Waals surface area contributed by atoms with Crippen molar-refractivity contribution in [3.8, 4) is 0 Å². The molecule has 182 valence electrons. The highest BCUT2D eigenvalue weighted by Gasteiger charge is 2.46. The zero-order chi connectivity index (χ0) is 23.2. The standard InChI is InChI=1S/C21H32N6O6/c1-29-11-14-17(30-2)18(31-3)21(33-14)27-13-25-16-19(23-12-24-20(16)27)22-6-4-5-15(28)26-7-9-32-10-8-26/h12-14,17-18,21H,4-11H2,1-3H3,(H,22,23,24). The third kappa shape index (κ3) is 5.09. The predicted octanol–water partition coefficient (Wildman–Crippen LogP) is 0.451. The fourth-order valence-corrected chi connectivity index (χ4v) is 4.35. The van der Waals surface area contributed by atoms with Crippen molar-refractivity contribution in [3.05, 3.63) is 12.7 Å². The van der Waals surface area contributed by atoms with Gasteiger partial charge in [-0.2, -0.15) is 0 Å². The molecule has 0 aromatic carbocycles. The molecule has 2 aromatic rings. The van der Waals surface area contributed by atoms with Crippen molar-refractivity contribution in [1.82, 2.24) is 24.4 Å². The normalized spacial score (nSPS) is 25.6. The molecule has 0 saturated carbocycles. The molecule has 0 bridgehead atoms. The minimum atomic E-state index is -0.473. The minimum Gasteiger partial charge on any atom is -0.382 e. The molecule has 1 N–H and O–H groups in total. The van der Waals surface area contributed by atoms with E-state index in [-0.39, 0.29) is 24.2 Å². The van der Waals surface area contributed by atoms with Gasteiger partial charge in [0.2, 0.25) is 5.91 Å². The summed E-state index contributed by atoms with van der Waals surface area (Å²) in [4.78, 5) is 27.5. The number of nitrogens with one attached hydrogen (secondary N) is 1. The number of methoxy groups -OCH3 is 3. The number of carbonyl (C=O) groups is 1. The molecule has 0 radical (unpaired) electrons. The van der Waals surface area contributed by atoms with Crippen LogP contribution in [-0.4, -0.2) is 109 Å². The van der Waals surface area contributed by atoms with E-state index < -0.39 is 6.23 Å². The van der Waals surface area contributed by atoms with Crippen molar-refractivity contribution in [2.75, 3.05) is 66.1 Å². The van der Waals surface area contributed by atoms with E-state index in [2.05, 4.69) is 20.3 Å². The molecule has 2 aliphatic heterocycles. The molecule has 2 aromatic heterocycles. The average Bonchev–Trinajstić information content (AvgIpc) is 3.43. The Morgan fingerprint density at radius 2 is 1.94 bits per heavy atom. The van der Waals surface area contributed by atoms with Crippen LogP contribution in [0.25, 0.3) is 11.2 Å². The number of rotatable bonds is 10. The number of hydrogen-bond donors (Lipinski definition) is 1. The fourth-order valence-electron chi connectivity index (χ4n) is 4.35. The van der Waals surface area contributed by atoms with Crippen molar-refractivity contribution >= 4 is 22.9 Å². The van der Waals surface area contributed by atoms with Crippen LogP contribution in [-0.2, 0) is 28.5 Å². The van der Waals surface area contributed by atoms with Crippen molar-refractivity contribution < 1.29 is 28.5 Å². The van der Waals surface area contributed by atoms with Gasteiger partial charge in [-0.1, -0.05) is 0 Å². The Morgan fingerprint density at radius 3 is 2.67 bits per heavy atom. The van der Waals surface area contributed by atoms with E-state index in [0.717, 1.165) is 0 Å². The predicted molar refractivity (Wildman–Crippen MR) is 118 cm³/mol. The summed E-state index contributed by atoms with van der Waals surface area (Å²) < 4.78 is 29.9. The largest absolute Gasteiger partial charge is 0.382 e.